The average Bonchev–Trinajstić information content (AvgIpc) is 2.73. The Hall–Kier alpha value is -0.600. The van der Waals surface area contributed by atoms with Crippen LogP contribution in [0, 0.1) is 11.3 Å². The first kappa shape index (κ1) is 29.4. The van der Waals surface area contributed by atoms with E-state index in [0.29, 0.717) is 19.5 Å². The van der Waals surface area contributed by atoms with Crippen LogP contribution in [0.4, 0.5) is 0 Å². The minimum Gasteiger partial charge on any atom is -0.211 e. The van der Waals surface area contributed by atoms with Crippen molar-refractivity contribution >= 4 is 10.0 Å². The Balaban J connectivity index is 4.65. The zero-order valence-corrected chi connectivity index (χ0v) is 21.2. The molecular formula is C25H50N2O2S. The van der Waals surface area contributed by atoms with Gasteiger partial charge in [0.15, 0.2) is 5.25 Å². The van der Waals surface area contributed by atoms with E-state index in [1.165, 1.54) is 64.2 Å². The third-order valence-electron chi connectivity index (χ3n) is 5.96. The molecule has 0 aromatic heterocycles. The number of nitriles is 1. The molecule has 0 rings (SSSR count). The molecule has 0 aromatic rings. The molecule has 0 aliphatic carbocycles. The normalized spacial score (nSPS) is 12.9. The van der Waals surface area contributed by atoms with Crippen LogP contribution >= 0.6 is 0 Å². The van der Waals surface area contributed by atoms with Gasteiger partial charge in [-0.3, -0.25) is 0 Å². The van der Waals surface area contributed by atoms with Crippen molar-refractivity contribution in [1.29, 1.82) is 5.26 Å². The molecule has 0 N–H and O–H groups in total. The van der Waals surface area contributed by atoms with Crippen molar-refractivity contribution in [3.8, 4) is 6.07 Å². The van der Waals surface area contributed by atoms with Crippen molar-refractivity contribution < 1.29 is 8.42 Å². The molecule has 1 atom stereocenters. The fourth-order valence-electron chi connectivity index (χ4n) is 3.90. The SMILES string of the molecule is CCCCCCCCCC(C#N)S(=O)(=O)N(CCCCCCC)CCCCCCC. The Labute approximate surface area is 188 Å². The molecule has 1 unspecified atom stereocenters. The Morgan fingerprint density at radius 3 is 1.40 bits per heavy atom. The predicted molar refractivity (Wildman–Crippen MR) is 130 cm³/mol. The highest BCUT2D eigenvalue weighted by molar-refractivity contribution is 7.90. The van der Waals surface area contributed by atoms with Gasteiger partial charge in [-0.15, -0.1) is 0 Å². The second-order valence-corrected chi connectivity index (χ2v) is 10.9. The molecule has 0 aromatic carbocycles. The summed E-state index contributed by atoms with van der Waals surface area (Å²) in [5.74, 6) is 0. The van der Waals surface area contributed by atoms with E-state index in [4.69, 9.17) is 0 Å². The van der Waals surface area contributed by atoms with Crippen molar-refractivity contribution in [3.05, 3.63) is 0 Å². The maximum absolute atomic E-state index is 13.2. The standard InChI is InChI=1S/C25H50N2O2S/c1-4-7-10-13-14-15-18-21-25(24-26)30(28,29)27(22-19-16-11-8-5-2)23-20-17-12-9-6-3/h25H,4-23H2,1-3H3. The summed E-state index contributed by atoms with van der Waals surface area (Å²) >= 11 is 0. The molecule has 0 heterocycles. The maximum atomic E-state index is 13.2. The van der Waals surface area contributed by atoms with Crippen molar-refractivity contribution in [2.75, 3.05) is 13.1 Å². The van der Waals surface area contributed by atoms with Crippen molar-refractivity contribution in [3.63, 3.8) is 0 Å². The maximum Gasteiger partial charge on any atom is 0.230 e. The summed E-state index contributed by atoms with van der Waals surface area (Å²) in [6.07, 6.45) is 19.6. The molecule has 0 bridgehead atoms. The van der Waals surface area contributed by atoms with E-state index in [-0.39, 0.29) is 0 Å². The summed E-state index contributed by atoms with van der Waals surface area (Å²) in [6, 6.07) is 2.13. The van der Waals surface area contributed by atoms with Crippen molar-refractivity contribution in [2.45, 2.75) is 142 Å². The average molecular weight is 443 g/mol. The van der Waals surface area contributed by atoms with Gasteiger partial charge in [0, 0.05) is 13.1 Å². The topological polar surface area (TPSA) is 61.2 Å². The van der Waals surface area contributed by atoms with E-state index in [0.717, 1.165) is 44.9 Å². The van der Waals surface area contributed by atoms with Crippen molar-refractivity contribution in [1.82, 2.24) is 4.31 Å². The molecule has 0 aliphatic heterocycles. The van der Waals surface area contributed by atoms with Crippen LogP contribution in [0.15, 0.2) is 0 Å². The van der Waals surface area contributed by atoms with Crippen LogP contribution in [0.1, 0.15) is 136 Å². The minimum atomic E-state index is -3.53. The highest BCUT2D eigenvalue weighted by atomic mass is 32.2. The molecule has 178 valence electrons. The smallest absolute Gasteiger partial charge is 0.211 e. The fourth-order valence-corrected chi connectivity index (χ4v) is 5.62. The van der Waals surface area contributed by atoms with Gasteiger partial charge in [-0.1, -0.05) is 117 Å². The van der Waals surface area contributed by atoms with Gasteiger partial charge in [0.25, 0.3) is 0 Å². The van der Waals surface area contributed by atoms with E-state index in [2.05, 4.69) is 26.8 Å². The Kier molecular flexibility index (Phi) is 19.9. The molecule has 4 nitrogen and oxygen atoms in total. The largest absolute Gasteiger partial charge is 0.230 e. The second kappa shape index (κ2) is 20.3. The zero-order chi connectivity index (χ0) is 22.5. The summed E-state index contributed by atoms with van der Waals surface area (Å²) in [5, 5.41) is 8.73. The molecule has 5 heteroatoms. The first-order valence-electron chi connectivity index (χ1n) is 12.9. The number of hydrogen-bond acceptors (Lipinski definition) is 3. The van der Waals surface area contributed by atoms with Crippen LogP contribution in [-0.4, -0.2) is 31.1 Å². The number of rotatable bonds is 22. The van der Waals surface area contributed by atoms with E-state index >= 15 is 0 Å². The van der Waals surface area contributed by atoms with Crippen molar-refractivity contribution in [2.24, 2.45) is 0 Å². The van der Waals surface area contributed by atoms with Crippen LogP contribution in [0.5, 0.6) is 0 Å². The summed E-state index contributed by atoms with van der Waals surface area (Å²) < 4.78 is 28.1. The monoisotopic (exact) mass is 442 g/mol. The molecule has 0 aliphatic rings. The molecule has 0 spiro atoms. The molecule has 0 amide bonds. The first-order chi connectivity index (χ1) is 14.5. The van der Waals surface area contributed by atoms with E-state index < -0.39 is 15.3 Å². The summed E-state index contributed by atoms with van der Waals surface area (Å²) in [6.45, 7) is 7.74. The van der Waals surface area contributed by atoms with E-state index in [1.54, 1.807) is 4.31 Å². The Morgan fingerprint density at radius 1 is 0.633 bits per heavy atom. The van der Waals surface area contributed by atoms with E-state index in [1.807, 2.05) is 0 Å². The van der Waals surface area contributed by atoms with Gasteiger partial charge in [-0.2, -0.15) is 5.26 Å². The third kappa shape index (κ3) is 14.4. The lowest BCUT2D eigenvalue weighted by atomic mass is 10.1. The quantitative estimate of drug-likeness (QED) is 0.162. The van der Waals surface area contributed by atoms with Gasteiger partial charge in [0.05, 0.1) is 6.07 Å². The van der Waals surface area contributed by atoms with Gasteiger partial charge in [-0.05, 0) is 19.3 Å². The number of unbranched alkanes of at least 4 members (excludes halogenated alkanes) is 14. The minimum absolute atomic E-state index is 0.481. The fraction of sp³-hybridized carbons (Fsp3) is 0.960. The van der Waals surface area contributed by atoms with E-state index in [9.17, 15) is 13.7 Å². The molecular weight excluding hydrogens is 392 g/mol. The molecule has 30 heavy (non-hydrogen) atoms. The van der Waals surface area contributed by atoms with Gasteiger partial charge in [0.1, 0.15) is 0 Å². The highest BCUT2D eigenvalue weighted by Crippen LogP contribution is 2.19. The molecule has 0 saturated heterocycles. The van der Waals surface area contributed by atoms with Crippen LogP contribution < -0.4 is 0 Å². The number of hydrogen-bond donors (Lipinski definition) is 0. The Morgan fingerprint density at radius 2 is 1.00 bits per heavy atom. The first-order valence-corrected chi connectivity index (χ1v) is 14.4. The molecule has 0 fully saturated rings. The summed E-state index contributed by atoms with van der Waals surface area (Å²) in [7, 11) is -3.53. The Bertz CT molecular complexity index is 500. The van der Waals surface area contributed by atoms with Gasteiger partial charge < -0.3 is 0 Å². The van der Waals surface area contributed by atoms with Crippen LogP contribution in [0.2, 0.25) is 0 Å². The predicted octanol–water partition coefficient (Wildman–Crippen LogP) is 7.59. The third-order valence-corrected chi connectivity index (χ3v) is 8.10. The summed E-state index contributed by atoms with van der Waals surface area (Å²) in [5.41, 5.74) is 0. The number of sulfonamides is 1. The lowest BCUT2D eigenvalue weighted by molar-refractivity contribution is 0.380. The second-order valence-electron chi connectivity index (χ2n) is 8.80. The highest BCUT2D eigenvalue weighted by Gasteiger charge is 2.31. The molecule has 0 saturated carbocycles. The van der Waals surface area contributed by atoms with Crippen LogP contribution in [0.3, 0.4) is 0 Å². The lowest BCUT2D eigenvalue weighted by Crippen LogP contribution is -2.39. The van der Waals surface area contributed by atoms with Gasteiger partial charge >= 0.3 is 0 Å². The van der Waals surface area contributed by atoms with Crippen LogP contribution in [-0.2, 0) is 10.0 Å². The summed E-state index contributed by atoms with van der Waals surface area (Å²) in [4.78, 5) is 0. The molecule has 0 radical (unpaired) electrons. The van der Waals surface area contributed by atoms with Gasteiger partial charge in [0.2, 0.25) is 10.0 Å². The van der Waals surface area contributed by atoms with Crippen LogP contribution in [0.25, 0.3) is 0 Å². The lowest BCUT2D eigenvalue weighted by Gasteiger charge is -2.25. The van der Waals surface area contributed by atoms with Gasteiger partial charge in [-0.25, -0.2) is 12.7 Å². The zero-order valence-electron chi connectivity index (χ0n) is 20.3. The number of nitrogens with zero attached hydrogens (tertiary/aromatic N) is 2.